The number of nitro benzene ring substituents is 1. The van der Waals surface area contributed by atoms with Crippen molar-refractivity contribution in [2.75, 3.05) is 13.1 Å². The molecule has 0 spiro atoms. The summed E-state index contributed by atoms with van der Waals surface area (Å²) in [7, 11) is 0. The normalized spacial score (nSPS) is 15.8. The molecule has 0 aliphatic carbocycles. The van der Waals surface area contributed by atoms with Crippen molar-refractivity contribution in [2.24, 2.45) is 0 Å². The van der Waals surface area contributed by atoms with Crippen LogP contribution < -0.4 is 4.87 Å². The first-order chi connectivity index (χ1) is 10.6. The monoisotopic (exact) mass is 319 g/mol. The fourth-order valence-corrected chi connectivity index (χ4v) is 3.67. The van der Waals surface area contributed by atoms with Crippen LogP contribution in [0.25, 0.3) is 11.3 Å². The van der Waals surface area contributed by atoms with Gasteiger partial charge < -0.3 is 4.98 Å². The number of aromatic nitrogens is 1. The van der Waals surface area contributed by atoms with E-state index in [9.17, 15) is 14.9 Å². The third kappa shape index (κ3) is 3.26. The number of nitrogens with one attached hydrogen (secondary N) is 1. The second-order valence-electron chi connectivity index (χ2n) is 5.45. The number of aromatic amines is 1. The van der Waals surface area contributed by atoms with Crippen LogP contribution in [0.15, 0.2) is 29.1 Å². The van der Waals surface area contributed by atoms with Crippen LogP contribution in [-0.4, -0.2) is 27.9 Å². The van der Waals surface area contributed by atoms with Gasteiger partial charge in [-0.05, 0) is 43.6 Å². The Kier molecular flexibility index (Phi) is 4.35. The summed E-state index contributed by atoms with van der Waals surface area (Å²) in [5.74, 6) is 0. The molecule has 0 amide bonds. The molecule has 0 atom stereocenters. The zero-order chi connectivity index (χ0) is 15.5. The van der Waals surface area contributed by atoms with E-state index in [1.807, 2.05) is 0 Å². The Hall–Kier alpha value is -1.99. The molecule has 116 valence electrons. The lowest BCUT2D eigenvalue weighted by molar-refractivity contribution is -0.384. The Morgan fingerprint density at radius 2 is 1.86 bits per heavy atom. The van der Waals surface area contributed by atoms with E-state index in [-0.39, 0.29) is 10.6 Å². The minimum Gasteiger partial charge on any atom is -0.312 e. The number of likely N-dealkylation sites (tertiary alicyclic amines) is 1. The maximum absolute atomic E-state index is 11.7. The fraction of sp³-hybridized carbons (Fsp3) is 0.400. The van der Waals surface area contributed by atoms with E-state index in [1.165, 1.54) is 42.7 Å². The van der Waals surface area contributed by atoms with Gasteiger partial charge in [0.05, 0.1) is 10.6 Å². The van der Waals surface area contributed by atoms with E-state index < -0.39 is 4.92 Å². The summed E-state index contributed by atoms with van der Waals surface area (Å²) in [5, 5.41) is 10.7. The molecule has 7 heteroatoms. The summed E-state index contributed by atoms with van der Waals surface area (Å²) in [6.45, 7) is 2.88. The average Bonchev–Trinajstić information content (AvgIpc) is 2.89. The molecule has 2 heterocycles. The minimum absolute atomic E-state index is 0.0545. The number of rotatable bonds is 4. The van der Waals surface area contributed by atoms with Gasteiger partial charge in [0.2, 0.25) is 0 Å². The van der Waals surface area contributed by atoms with E-state index in [0.29, 0.717) is 0 Å². The second-order valence-corrected chi connectivity index (χ2v) is 6.52. The van der Waals surface area contributed by atoms with Crippen molar-refractivity contribution >= 4 is 17.0 Å². The topological polar surface area (TPSA) is 79.2 Å². The predicted molar refractivity (Wildman–Crippen MR) is 86.2 cm³/mol. The van der Waals surface area contributed by atoms with Gasteiger partial charge in [-0.1, -0.05) is 17.8 Å². The van der Waals surface area contributed by atoms with Crippen molar-refractivity contribution in [1.29, 1.82) is 0 Å². The highest BCUT2D eigenvalue weighted by atomic mass is 32.1. The molecule has 1 aromatic heterocycles. The molecule has 22 heavy (non-hydrogen) atoms. The van der Waals surface area contributed by atoms with E-state index in [2.05, 4.69) is 9.88 Å². The van der Waals surface area contributed by atoms with Crippen LogP contribution in [-0.2, 0) is 6.54 Å². The van der Waals surface area contributed by atoms with Crippen molar-refractivity contribution in [2.45, 2.75) is 25.8 Å². The Balaban J connectivity index is 1.86. The van der Waals surface area contributed by atoms with Gasteiger partial charge in [-0.3, -0.25) is 19.8 Å². The smallest absolute Gasteiger partial charge is 0.305 e. The first kappa shape index (κ1) is 14.9. The number of thiazole rings is 1. The Labute approximate surface area is 131 Å². The van der Waals surface area contributed by atoms with Gasteiger partial charge in [0, 0.05) is 23.6 Å². The van der Waals surface area contributed by atoms with E-state index >= 15 is 0 Å². The third-order valence-corrected chi connectivity index (χ3v) is 4.77. The van der Waals surface area contributed by atoms with Gasteiger partial charge in [-0.2, -0.15) is 0 Å². The fourth-order valence-electron chi connectivity index (χ4n) is 2.78. The molecule has 2 aromatic rings. The molecule has 0 saturated carbocycles. The van der Waals surface area contributed by atoms with Crippen LogP contribution in [0.2, 0.25) is 0 Å². The van der Waals surface area contributed by atoms with Gasteiger partial charge in [-0.15, -0.1) is 0 Å². The number of nitro groups is 1. The molecule has 1 aromatic carbocycles. The number of piperidine rings is 1. The highest BCUT2D eigenvalue weighted by Crippen LogP contribution is 2.27. The van der Waals surface area contributed by atoms with Crippen molar-refractivity contribution in [1.82, 2.24) is 9.88 Å². The molecule has 0 unspecified atom stereocenters. The summed E-state index contributed by atoms with van der Waals surface area (Å²) >= 11 is 1.23. The largest absolute Gasteiger partial charge is 0.312 e. The highest BCUT2D eigenvalue weighted by molar-refractivity contribution is 7.09. The molecule has 6 nitrogen and oxygen atoms in total. The van der Waals surface area contributed by atoms with E-state index in [4.69, 9.17) is 0 Å². The summed E-state index contributed by atoms with van der Waals surface area (Å²) in [5.41, 5.74) is 1.66. The molecule has 1 aliphatic rings. The van der Waals surface area contributed by atoms with Crippen molar-refractivity contribution in [3.63, 3.8) is 0 Å². The number of benzene rings is 1. The lowest BCUT2D eigenvalue weighted by Crippen LogP contribution is -2.28. The van der Waals surface area contributed by atoms with Crippen LogP contribution in [0.3, 0.4) is 0 Å². The zero-order valence-electron chi connectivity index (χ0n) is 12.1. The van der Waals surface area contributed by atoms with Crippen molar-refractivity contribution in [3.05, 3.63) is 48.9 Å². The van der Waals surface area contributed by atoms with Crippen molar-refractivity contribution < 1.29 is 4.92 Å². The summed E-state index contributed by atoms with van der Waals surface area (Å²) < 4.78 is 0. The lowest BCUT2D eigenvalue weighted by atomic mass is 10.1. The molecular formula is C15H17N3O3S. The van der Waals surface area contributed by atoms with Crippen molar-refractivity contribution in [3.8, 4) is 11.3 Å². The number of hydrogen-bond acceptors (Lipinski definition) is 5. The predicted octanol–water partition coefficient (Wildman–Crippen LogP) is 3.00. The summed E-state index contributed by atoms with van der Waals surface area (Å²) in [6, 6.07) is 6.32. The van der Waals surface area contributed by atoms with Crippen LogP contribution in [0.4, 0.5) is 5.69 Å². The maximum atomic E-state index is 11.7. The SMILES string of the molecule is O=c1[nH]c(-c2ccc([N+](=O)[O-])cc2)c(CN2CCCCC2)s1. The zero-order valence-corrected chi connectivity index (χ0v) is 12.9. The van der Waals surface area contributed by atoms with Crippen LogP contribution in [0.1, 0.15) is 24.1 Å². The Bertz CT molecular complexity index is 714. The molecule has 1 saturated heterocycles. The molecule has 1 aliphatic heterocycles. The molecular weight excluding hydrogens is 302 g/mol. The summed E-state index contributed by atoms with van der Waals surface area (Å²) in [6.07, 6.45) is 3.67. The first-order valence-corrected chi connectivity index (χ1v) is 8.14. The minimum atomic E-state index is -0.422. The Morgan fingerprint density at radius 1 is 1.18 bits per heavy atom. The van der Waals surface area contributed by atoms with Crippen LogP contribution in [0, 0.1) is 10.1 Å². The maximum Gasteiger partial charge on any atom is 0.305 e. The number of hydrogen-bond donors (Lipinski definition) is 1. The first-order valence-electron chi connectivity index (χ1n) is 7.32. The Morgan fingerprint density at radius 3 is 2.50 bits per heavy atom. The van der Waals surface area contributed by atoms with Gasteiger partial charge >= 0.3 is 4.87 Å². The van der Waals surface area contributed by atoms with Gasteiger partial charge in [0.15, 0.2) is 0 Å². The molecule has 0 bridgehead atoms. The van der Waals surface area contributed by atoms with Crippen LogP contribution >= 0.6 is 11.3 Å². The quantitative estimate of drug-likeness (QED) is 0.694. The third-order valence-electron chi connectivity index (χ3n) is 3.90. The van der Waals surface area contributed by atoms with E-state index in [0.717, 1.165) is 35.8 Å². The highest BCUT2D eigenvalue weighted by Gasteiger charge is 2.17. The van der Waals surface area contributed by atoms with Gasteiger partial charge in [-0.25, -0.2) is 0 Å². The number of non-ortho nitro benzene ring substituents is 1. The standard InChI is InChI=1S/C15H17N3O3S/c19-15-16-14(11-4-6-12(7-5-11)18(20)21)13(22-15)10-17-8-2-1-3-9-17/h4-7H,1-3,8-10H2,(H,16,19). The number of H-pyrrole nitrogens is 1. The van der Waals surface area contributed by atoms with Gasteiger partial charge in [0.25, 0.3) is 5.69 Å². The van der Waals surface area contributed by atoms with Crippen LogP contribution in [0.5, 0.6) is 0 Å². The lowest BCUT2D eigenvalue weighted by Gasteiger charge is -2.26. The molecule has 1 fully saturated rings. The number of nitrogens with zero attached hydrogens (tertiary/aromatic N) is 2. The second kappa shape index (κ2) is 6.41. The molecule has 0 radical (unpaired) electrons. The van der Waals surface area contributed by atoms with Gasteiger partial charge in [0.1, 0.15) is 0 Å². The molecule has 1 N–H and O–H groups in total. The molecule has 3 rings (SSSR count). The van der Waals surface area contributed by atoms with E-state index in [1.54, 1.807) is 12.1 Å². The average molecular weight is 319 g/mol. The summed E-state index contributed by atoms with van der Waals surface area (Å²) in [4.78, 5) is 28.2.